The van der Waals surface area contributed by atoms with Gasteiger partial charge in [-0.25, -0.2) is 8.78 Å². The molecule has 2 N–H and O–H groups in total. The van der Waals surface area contributed by atoms with Gasteiger partial charge in [-0.3, -0.25) is 4.79 Å². The highest BCUT2D eigenvalue weighted by Gasteiger charge is 2.35. The lowest BCUT2D eigenvalue weighted by atomic mass is 9.82. The molecule has 2 aromatic rings. The number of halogens is 2. The molecular formula is C19H19F2NO2. The highest BCUT2D eigenvalue weighted by Crippen LogP contribution is 2.37. The maximum Gasteiger partial charge on any atom is 0.321 e. The van der Waals surface area contributed by atoms with Crippen LogP contribution in [-0.2, 0) is 17.6 Å². The van der Waals surface area contributed by atoms with Crippen molar-refractivity contribution in [1.82, 2.24) is 5.32 Å². The van der Waals surface area contributed by atoms with Crippen LogP contribution < -0.4 is 5.32 Å². The topological polar surface area (TPSA) is 49.3 Å². The summed E-state index contributed by atoms with van der Waals surface area (Å²) in [5, 5.41) is 12.7. The van der Waals surface area contributed by atoms with Crippen molar-refractivity contribution < 1.29 is 18.7 Å². The van der Waals surface area contributed by atoms with E-state index in [4.69, 9.17) is 0 Å². The van der Waals surface area contributed by atoms with E-state index in [2.05, 4.69) is 5.32 Å². The Labute approximate surface area is 139 Å². The van der Waals surface area contributed by atoms with Gasteiger partial charge in [0.1, 0.15) is 6.04 Å². The minimum Gasteiger partial charge on any atom is -0.480 e. The van der Waals surface area contributed by atoms with E-state index in [9.17, 15) is 18.7 Å². The molecule has 1 aliphatic carbocycles. The number of rotatable bonds is 4. The van der Waals surface area contributed by atoms with Gasteiger partial charge in [0.2, 0.25) is 0 Å². The molecule has 2 atom stereocenters. The minimum absolute atomic E-state index is 0.467. The van der Waals surface area contributed by atoms with E-state index in [0.29, 0.717) is 30.5 Å². The molecule has 2 unspecified atom stereocenters. The number of likely N-dealkylation sites (N-methyl/N-ethyl adjacent to an activating group) is 1. The Morgan fingerprint density at radius 3 is 2.54 bits per heavy atom. The van der Waals surface area contributed by atoms with Crippen LogP contribution in [0.5, 0.6) is 0 Å². The second kappa shape index (κ2) is 6.69. The van der Waals surface area contributed by atoms with Gasteiger partial charge >= 0.3 is 5.97 Å². The molecule has 0 amide bonds. The Morgan fingerprint density at radius 2 is 1.83 bits per heavy atom. The van der Waals surface area contributed by atoms with Crippen molar-refractivity contribution in [2.45, 2.75) is 31.7 Å². The van der Waals surface area contributed by atoms with Gasteiger partial charge in [0.25, 0.3) is 0 Å². The molecule has 0 heterocycles. The van der Waals surface area contributed by atoms with Crippen LogP contribution >= 0.6 is 0 Å². The first-order chi connectivity index (χ1) is 11.5. The van der Waals surface area contributed by atoms with Crippen molar-refractivity contribution in [2.24, 2.45) is 0 Å². The second-order valence-corrected chi connectivity index (χ2v) is 6.02. The molecule has 0 aromatic heterocycles. The zero-order chi connectivity index (χ0) is 17.3. The lowest BCUT2D eigenvalue weighted by Gasteiger charge is -2.27. The zero-order valence-electron chi connectivity index (χ0n) is 13.4. The van der Waals surface area contributed by atoms with Crippen molar-refractivity contribution in [1.29, 1.82) is 0 Å². The Balaban J connectivity index is 2.24. The smallest absolute Gasteiger partial charge is 0.321 e. The molecule has 0 radical (unpaired) electrons. The maximum absolute atomic E-state index is 13.9. The van der Waals surface area contributed by atoms with Gasteiger partial charge in [0.15, 0.2) is 11.6 Å². The van der Waals surface area contributed by atoms with Crippen LogP contribution in [0.25, 0.3) is 0 Å². The average molecular weight is 331 g/mol. The summed E-state index contributed by atoms with van der Waals surface area (Å²) in [6.45, 7) is 2.29. The van der Waals surface area contributed by atoms with Crippen molar-refractivity contribution >= 4 is 5.97 Å². The number of hydrogen-bond donors (Lipinski definition) is 2. The third-order valence-corrected chi connectivity index (χ3v) is 4.59. The van der Waals surface area contributed by atoms with Gasteiger partial charge in [0.05, 0.1) is 0 Å². The SMILES string of the molecule is CCNC(C(=O)O)C1c2ccccc2CCc2cc(F)c(F)cc21. The first kappa shape index (κ1) is 16.6. The molecule has 0 aliphatic heterocycles. The molecule has 5 heteroatoms. The number of benzene rings is 2. The second-order valence-electron chi connectivity index (χ2n) is 6.02. The summed E-state index contributed by atoms with van der Waals surface area (Å²) in [4.78, 5) is 11.8. The maximum atomic E-state index is 13.9. The fourth-order valence-electron chi connectivity index (χ4n) is 3.54. The highest BCUT2D eigenvalue weighted by atomic mass is 19.2. The van der Waals surface area contributed by atoms with Crippen LogP contribution in [0.4, 0.5) is 8.78 Å². The Bertz CT molecular complexity index is 776. The van der Waals surface area contributed by atoms with E-state index >= 15 is 0 Å². The van der Waals surface area contributed by atoms with Gasteiger partial charge < -0.3 is 10.4 Å². The first-order valence-corrected chi connectivity index (χ1v) is 8.04. The number of carboxylic acid groups (broad SMARTS) is 1. The number of carbonyl (C=O) groups is 1. The summed E-state index contributed by atoms with van der Waals surface area (Å²) in [5.41, 5.74) is 3.09. The lowest BCUT2D eigenvalue weighted by molar-refractivity contribution is -0.139. The summed E-state index contributed by atoms with van der Waals surface area (Å²) in [5.74, 6) is -3.41. The average Bonchev–Trinajstić information content (AvgIpc) is 2.70. The standard InChI is InChI=1S/C19H19F2NO2/c1-2-22-18(19(23)24)17-13-6-4-3-5-11(13)7-8-12-9-15(20)16(21)10-14(12)17/h3-6,9-10,17-18,22H,2,7-8H2,1H3,(H,23,24). The predicted molar refractivity (Wildman–Crippen MR) is 87.2 cm³/mol. The van der Waals surface area contributed by atoms with E-state index in [-0.39, 0.29) is 0 Å². The van der Waals surface area contributed by atoms with Crippen molar-refractivity contribution in [2.75, 3.05) is 6.54 Å². The van der Waals surface area contributed by atoms with E-state index < -0.39 is 29.6 Å². The van der Waals surface area contributed by atoms with Gasteiger partial charge in [-0.15, -0.1) is 0 Å². The normalized spacial score (nSPS) is 17.5. The summed E-state index contributed by atoms with van der Waals surface area (Å²) in [7, 11) is 0. The van der Waals surface area contributed by atoms with Crippen LogP contribution in [-0.4, -0.2) is 23.7 Å². The molecule has 3 nitrogen and oxygen atoms in total. The van der Waals surface area contributed by atoms with Crippen molar-refractivity contribution in [3.05, 3.63) is 70.3 Å². The van der Waals surface area contributed by atoms with Crippen LogP contribution in [0.15, 0.2) is 36.4 Å². The van der Waals surface area contributed by atoms with Gasteiger partial charge in [-0.2, -0.15) is 0 Å². The zero-order valence-corrected chi connectivity index (χ0v) is 13.4. The highest BCUT2D eigenvalue weighted by molar-refractivity contribution is 5.76. The Morgan fingerprint density at radius 1 is 1.17 bits per heavy atom. The van der Waals surface area contributed by atoms with Crippen LogP contribution in [0, 0.1) is 11.6 Å². The lowest BCUT2D eigenvalue weighted by Crippen LogP contribution is -2.42. The molecule has 24 heavy (non-hydrogen) atoms. The van der Waals surface area contributed by atoms with Crippen molar-refractivity contribution in [3.8, 4) is 0 Å². The summed E-state index contributed by atoms with van der Waals surface area (Å²) in [6.07, 6.45) is 1.22. The summed E-state index contributed by atoms with van der Waals surface area (Å²) < 4.78 is 27.6. The van der Waals surface area contributed by atoms with Crippen LogP contribution in [0.1, 0.15) is 35.1 Å². The number of aryl methyl sites for hydroxylation is 2. The predicted octanol–water partition coefficient (Wildman–Crippen LogP) is 3.26. The quantitative estimate of drug-likeness (QED) is 0.904. The van der Waals surface area contributed by atoms with E-state index in [1.807, 2.05) is 31.2 Å². The van der Waals surface area contributed by atoms with Crippen molar-refractivity contribution in [3.63, 3.8) is 0 Å². The molecular weight excluding hydrogens is 312 g/mol. The third-order valence-electron chi connectivity index (χ3n) is 4.59. The van der Waals surface area contributed by atoms with Crippen LogP contribution in [0.2, 0.25) is 0 Å². The number of hydrogen-bond acceptors (Lipinski definition) is 2. The molecule has 0 saturated carbocycles. The van der Waals surface area contributed by atoms with Gasteiger partial charge in [-0.05, 0) is 53.8 Å². The van der Waals surface area contributed by atoms with Gasteiger partial charge in [-0.1, -0.05) is 31.2 Å². The fourth-order valence-corrected chi connectivity index (χ4v) is 3.54. The first-order valence-electron chi connectivity index (χ1n) is 8.04. The monoisotopic (exact) mass is 331 g/mol. The van der Waals surface area contributed by atoms with E-state index in [1.165, 1.54) is 6.07 Å². The third kappa shape index (κ3) is 2.91. The van der Waals surface area contributed by atoms with E-state index in [0.717, 1.165) is 17.2 Å². The van der Waals surface area contributed by atoms with E-state index in [1.54, 1.807) is 0 Å². The Hall–Kier alpha value is -2.27. The Kier molecular flexibility index (Phi) is 4.62. The summed E-state index contributed by atoms with van der Waals surface area (Å²) in [6, 6.07) is 9.03. The van der Waals surface area contributed by atoms with Gasteiger partial charge in [0, 0.05) is 5.92 Å². The number of fused-ring (bicyclic) bond motifs is 2. The largest absolute Gasteiger partial charge is 0.480 e. The molecule has 0 saturated heterocycles. The van der Waals surface area contributed by atoms with Crippen LogP contribution in [0.3, 0.4) is 0 Å². The summed E-state index contributed by atoms with van der Waals surface area (Å²) >= 11 is 0. The molecule has 1 aliphatic rings. The molecule has 0 fully saturated rings. The number of aliphatic carboxylic acids is 1. The molecule has 0 spiro atoms. The molecule has 3 rings (SSSR count). The fraction of sp³-hybridized carbons (Fsp3) is 0.316. The minimum atomic E-state index is -1.01. The molecule has 2 aromatic carbocycles. The molecule has 126 valence electrons. The number of nitrogens with one attached hydrogen (secondary N) is 1. The number of carboxylic acids is 1. The molecule has 0 bridgehead atoms.